The molecule has 1 unspecified atom stereocenters. The van der Waals surface area contributed by atoms with E-state index in [1.807, 2.05) is 31.2 Å². The Kier molecular flexibility index (Phi) is 5.85. The average Bonchev–Trinajstić information content (AvgIpc) is 2.73. The summed E-state index contributed by atoms with van der Waals surface area (Å²) in [5.74, 6) is 0.674. The van der Waals surface area contributed by atoms with Crippen LogP contribution in [-0.4, -0.2) is 22.5 Å². The summed E-state index contributed by atoms with van der Waals surface area (Å²) in [5, 5.41) is 3.12. The fourth-order valence-electron chi connectivity index (χ4n) is 3.40. The predicted molar refractivity (Wildman–Crippen MR) is 114 cm³/mol. The number of carbonyl (C=O) groups excluding carboxylic acids is 1. The van der Waals surface area contributed by atoms with Crippen molar-refractivity contribution < 1.29 is 13.9 Å². The summed E-state index contributed by atoms with van der Waals surface area (Å²) < 4.78 is 18.5. The lowest BCUT2D eigenvalue weighted by molar-refractivity contribution is -0.116. The Morgan fingerprint density at radius 2 is 1.87 bits per heavy atom. The van der Waals surface area contributed by atoms with E-state index >= 15 is 0 Å². The van der Waals surface area contributed by atoms with Crippen LogP contribution in [0.15, 0.2) is 58.5 Å². The summed E-state index contributed by atoms with van der Waals surface area (Å²) in [6, 6.07) is 13.6. The Morgan fingerprint density at radius 1 is 1.13 bits per heavy atom. The summed E-state index contributed by atoms with van der Waals surface area (Å²) in [7, 11) is 0. The van der Waals surface area contributed by atoms with Crippen LogP contribution in [0.5, 0.6) is 5.75 Å². The van der Waals surface area contributed by atoms with Gasteiger partial charge in [-0.2, -0.15) is 0 Å². The maximum Gasteiger partial charge on any atom is 0.257 e. The number of hydrogen-bond acceptors (Lipinski definition) is 5. The lowest BCUT2D eigenvalue weighted by Gasteiger charge is -2.24. The molecule has 30 heavy (non-hydrogen) atoms. The molecule has 154 valence electrons. The van der Waals surface area contributed by atoms with Gasteiger partial charge in [-0.15, -0.1) is 0 Å². The summed E-state index contributed by atoms with van der Waals surface area (Å²) in [6.45, 7) is 2.47. The van der Waals surface area contributed by atoms with Crippen LogP contribution < -0.4 is 15.6 Å². The first kappa shape index (κ1) is 20.2. The van der Waals surface area contributed by atoms with Crippen molar-refractivity contribution >= 4 is 23.5 Å². The normalized spacial score (nSPS) is 15.4. The number of rotatable bonds is 6. The standard InChI is InChI=1S/C22H20FN3O3S/c1-2-29-16-9-5-14(6-10-16)17-11-18(27)24-20-19(17)21(28)26-22(25-20)30-12-13-3-7-15(23)8-4-13/h3-10,17H,2,11-12H2,1H3,(H2,24,25,26,27,28). The molecule has 0 aliphatic carbocycles. The Balaban J connectivity index is 1.60. The van der Waals surface area contributed by atoms with Crippen LogP contribution in [0.3, 0.4) is 0 Å². The van der Waals surface area contributed by atoms with Gasteiger partial charge in [0.05, 0.1) is 12.2 Å². The molecule has 4 rings (SSSR count). The lowest BCUT2D eigenvalue weighted by atomic mass is 9.87. The van der Waals surface area contributed by atoms with Crippen molar-refractivity contribution in [1.29, 1.82) is 0 Å². The van der Waals surface area contributed by atoms with Crippen LogP contribution in [0.1, 0.15) is 36.0 Å². The molecule has 6 nitrogen and oxygen atoms in total. The first-order valence-corrected chi connectivity index (χ1v) is 10.6. The SMILES string of the molecule is CCOc1ccc(C2CC(=O)Nc3nc(SCc4ccc(F)cc4)[nH]c(=O)c32)cc1. The second-order valence-corrected chi connectivity index (χ2v) is 7.82. The summed E-state index contributed by atoms with van der Waals surface area (Å²) in [4.78, 5) is 32.4. The van der Waals surface area contributed by atoms with Gasteiger partial charge < -0.3 is 15.0 Å². The van der Waals surface area contributed by atoms with E-state index in [2.05, 4.69) is 15.3 Å². The molecule has 1 aromatic heterocycles. The van der Waals surface area contributed by atoms with Gasteiger partial charge in [0.1, 0.15) is 17.4 Å². The highest BCUT2D eigenvalue weighted by molar-refractivity contribution is 7.98. The molecule has 1 aliphatic rings. The third-order valence-electron chi connectivity index (χ3n) is 4.81. The molecule has 8 heteroatoms. The number of anilines is 1. The zero-order valence-electron chi connectivity index (χ0n) is 16.3. The number of amides is 1. The van der Waals surface area contributed by atoms with Crippen molar-refractivity contribution in [3.05, 3.63) is 81.4 Å². The van der Waals surface area contributed by atoms with Gasteiger partial charge in [-0.25, -0.2) is 9.37 Å². The van der Waals surface area contributed by atoms with Gasteiger partial charge in [-0.05, 0) is 42.3 Å². The highest BCUT2D eigenvalue weighted by atomic mass is 32.2. The fourth-order valence-corrected chi connectivity index (χ4v) is 4.22. The Morgan fingerprint density at radius 3 is 2.57 bits per heavy atom. The third kappa shape index (κ3) is 4.38. The molecular weight excluding hydrogens is 405 g/mol. The van der Waals surface area contributed by atoms with Crippen molar-refractivity contribution in [2.45, 2.75) is 30.2 Å². The van der Waals surface area contributed by atoms with E-state index in [0.717, 1.165) is 16.9 Å². The van der Waals surface area contributed by atoms with Crippen molar-refractivity contribution in [2.75, 3.05) is 11.9 Å². The van der Waals surface area contributed by atoms with E-state index in [-0.39, 0.29) is 35.4 Å². The minimum atomic E-state index is -0.378. The van der Waals surface area contributed by atoms with Gasteiger partial charge in [0, 0.05) is 18.1 Å². The van der Waals surface area contributed by atoms with E-state index in [9.17, 15) is 14.0 Å². The highest BCUT2D eigenvalue weighted by Gasteiger charge is 2.31. The minimum Gasteiger partial charge on any atom is -0.494 e. The topological polar surface area (TPSA) is 84.1 Å². The van der Waals surface area contributed by atoms with Crippen LogP contribution in [0, 0.1) is 5.82 Å². The predicted octanol–water partition coefficient (Wildman–Crippen LogP) is 4.07. The molecule has 1 amide bonds. The second-order valence-electron chi connectivity index (χ2n) is 6.86. The van der Waals surface area contributed by atoms with Crippen LogP contribution >= 0.6 is 11.8 Å². The number of ether oxygens (including phenoxy) is 1. The Labute approximate surface area is 176 Å². The van der Waals surface area contributed by atoms with E-state index < -0.39 is 0 Å². The summed E-state index contributed by atoms with van der Waals surface area (Å²) >= 11 is 1.32. The van der Waals surface area contributed by atoms with Crippen LogP contribution in [-0.2, 0) is 10.5 Å². The van der Waals surface area contributed by atoms with Crippen molar-refractivity contribution in [2.24, 2.45) is 0 Å². The number of carbonyl (C=O) groups is 1. The van der Waals surface area contributed by atoms with Crippen LogP contribution in [0.4, 0.5) is 10.2 Å². The number of nitrogens with one attached hydrogen (secondary N) is 2. The van der Waals surface area contributed by atoms with Gasteiger partial charge in [0.2, 0.25) is 5.91 Å². The molecule has 2 heterocycles. The number of fused-ring (bicyclic) bond motifs is 1. The number of thioether (sulfide) groups is 1. The van der Waals surface area contributed by atoms with Gasteiger partial charge in [0.25, 0.3) is 5.56 Å². The van der Waals surface area contributed by atoms with Crippen LogP contribution in [0.25, 0.3) is 0 Å². The number of hydrogen-bond donors (Lipinski definition) is 2. The molecule has 1 aliphatic heterocycles. The Bertz CT molecular complexity index is 1110. The molecule has 0 bridgehead atoms. The number of halogens is 1. The summed E-state index contributed by atoms with van der Waals surface area (Å²) in [5.41, 5.74) is 1.93. The molecule has 0 fully saturated rings. The molecule has 1 atom stereocenters. The number of aromatic nitrogens is 2. The zero-order valence-corrected chi connectivity index (χ0v) is 17.1. The molecule has 3 aromatic rings. The van der Waals surface area contributed by atoms with Crippen molar-refractivity contribution in [1.82, 2.24) is 9.97 Å². The first-order valence-electron chi connectivity index (χ1n) is 9.57. The average molecular weight is 425 g/mol. The molecule has 0 spiro atoms. The number of benzene rings is 2. The number of H-pyrrole nitrogens is 1. The fraction of sp³-hybridized carbons (Fsp3) is 0.227. The molecule has 2 aromatic carbocycles. The number of aromatic amines is 1. The smallest absolute Gasteiger partial charge is 0.257 e. The van der Waals surface area contributed by atoms with E-state index in [4.69, 9.17) is 4.74 Å². The van der Waals surface area contributed by atoms with Gasteiger partial charge in [0.15, 0.2) is 5.16 Å². The molecular formula is C22H20FN3O3S. The van der Waals surface area contributed by atoms with Crippen LogP contribution in [0.2, 0.25) is 0 Å². The van der Waals surface area contributed by atoms with E-state index in [0.29, 0.717) is 23.1 Å². The molecule has 2 N–H and O–H groups in total. The summed E-state index contributed by atoms with van der Waals surface area (Å²) in [6.07, 6.45) is 0.174. The zero-order chi connectivity index (χ0) is 21.1. The monoisotopic (exact) mass is 425 g/mol. The maximum absolute atomic E-state index is 13.1. The van der Waals surface area contributed by atoms with Gasteiger partial charge in [-0.1, -0.05) is 36.0 Å². The van der Waals surface area contributed by atoms with E-state index in [1.54, 1.807) is 12.1 Å². The van der Waals surface area contributed by atoms with Crippen molar-refractivity contribution in [3.8, 4) is 5.75 Å². The van der Waals surface area contributed by atoms with Gasteiger partial charge in [-0.3, -0.25) is 9.59 Å². The first-order chi connectivity index (χ1) is 14.5. The maximum atomic E-state index is 13.1. The largest absolute Gasteiger partial charge is 0.494 e. The van der Waals surface area contributed by atoms with E-state index in [1.165, 1.54) is 23.9 Å². The Hall–Kier alpha value is -3.13. The quantitative estimate of drug-likeness (QED) is 0.459. The number of nitrogens with zero attached hydrogens (tertiary/aromatic N) is 1. The lowest BCUT2D eigenvalue weighted by Crippen LogP contribution is -2.31. The molecule has 0 saturated heterocycles. The second kappa shape index (κ2) is 8.71. The minimum absolute atomic E-state index is 0.174. The molecule has 0 saturated carbocycles. The van der Waals surface area contributed by atoms with Crippen molar-refractivity contribution in [3.63, 3.8) is 0 Å². The van der Waals surface area contributed by atoms with Gasteiger partial charge >= 0.3 is 0 Å². The molecule has 0 radical (unpaired) electrons. The third-order valence-corrected chi connectivity index (χ3v) is 5.76. The highest BCUT2D eigenvalue weighted by Crippen LogP contribution is 2.35.